The largest absolute Gasteiger partial charge is 0.494 e. The molecule has 0 aliphatic heterocycles. The summed E-state index contributed by atoms with van der Waals surface area (Å²) in [5, 5.41) is 4.44. The van der Waals surface area contributed by atoms with E-state index in [0.717, 1.165) is 30.7 Å². The highest BCUT2D eigenvalue weighted by Crippen LogP contribution is 2.10. The van der Waals surface area contributed by atoms with Crippen LogP contribution in [0.4, 0.5) is 0 Å². The number of rotatable bonds is 7. The molecule has 108 valence electrons. The van der Waals surface area contributed by atoms with Crippen molar-refractivity contribution in [3.8, 4) is 5.75 Å². The van der Waals surface area contributed by atoms with Crippen molar-refractivity contribution in [2.75, 3.05) is 6.61 Å². The number of benzene rings is 1. The molecule has 0 saturated heterocycles. The smallest absolute Gasteiger partial charge is 0.119 e. The minimum atomic E-state index is 0.0961. The summed E-state index contributed by atoms with van der Waals surface area (Å²) >= 11 is 0. The molecule has 2 N–H and O–H groups in total. The molecule has 1 aromatic heterocycles. The average molecular weight is 273 g/mol. The molecule has 1 heterocycles. The van der Waals surface area contributed by atoms with Gasteiger partial charge in [-0.25, -0.2) is 0 Å². The van der Waals surface area contributed by atoms with Gasteiger partial charge in [0, 0.05) is 25.2 Å². The molecule has 2 aromatic rings. The van der Waals surface area contributed by atoms with Crippen LogP contribution in [0.1, 0.15) is 24.7 Å². The second-order valence-corrected chi connectivity index (χ2v) is 5.02. The summed E-state index contributed by atoms with van der Waals surface area (Å²) in [6, 6.07) is 12.1. The number of aryl methyl sites for hydroxylation is 2. The summed E-state index contributed by atoms with van der Waals surface area (Å²) in [6.45, 7) is 2.75. The first-order valence-electron chi connectivity index (χ1n) is 7.14. The number of hydrogen-bond acceptors (Lipinski definition) is 3. The maximum absolute atomic E-state index is 6.17. The summed E-state index contributed by atoms with van der Waals surface area (Å²) in [4.78, 5) is 0. The van der Waals surface area contributed by atoms with Crippen LogP contribution in [0.5, 0.6) is 5.75 Å². The molecule has 0 spiro atoms. The van der Waals surface area contributed by atoms with Crippen molar-refractivity contribution in [3.05, 3.63) is 47.8 Å². The van der Waals surface area contributed by atoms with Gasteiger partial charge >= 0.3 is 0 Å². The zero-order chi connectivity index (χ0) is 14.4. The topological polar surface area (TPSA) is 53.1 Å². The van der Waals surface area contributed by atoms with E-state index < -0.39 is 0 Å². The summed E-state index contributed by atoms with van der Waals surface area (Å²) in [5.74, 6) is 0.897. The van der Waals surface area contributed by atoms with Gasteiger partial charge in [-0.2, -0.15) is 5.10 Å². The Morgan fingerprint density at radius 2 is 2.05 bits per heavy atom. The standard InChI is InChI=1S/C16H23N3O/c1-3-14-12-15(19(2)18-14)11-13(17)9-10-20-16-7-5-4-6-8-16/h4-8,12-13H,3,9-11,17H2,1-2H3. The predicted molar refractivity (Wildman–Crippen MR) is 80.8 cm³/mol. The lowest BCUT2D eigenvalue weighted by atomic mass is 10.1. The molecule has 4 heteroatoms. The van der Waals surface area contributed by atoms with E-state index in [9.17, 15) is 0 Å². The van der Waals surface area contributed by atoms with E-state index in [1.54, 1.807) is 0 Å². The van der Waals surface area contributed by atoms with Crippen LogP contribution >= 0.6 is 0 Å². The number of aromatic nitrogens is 2. The van der Waals surface area contributed by atoms with Crippen LogP contribution in [0, 0.1) is 0 Å². The fourth-order valence-electron chi connectivity index (χ4n) is 2.15. The molecule has 1 unspecified atom stereocenters. The zero-order valence-corrected chi connectivity index (χ0v) is 12.2. The highest BCUT2D eigenvalue weighted by molar-refractivity contribution is 5.20. The van der Waals surface area contributed by atoms with Crippen LogP contribution in [0.3, 0.4) is 0 Å². The molecule has 0 bridgehead atoms. The van der Waals surface area contributed by atoms with Gasteiger partial charge in [0.25, 0.3) is 0 Å². The maximum Gasteiger partial charge on any atom is 0.119 e. The van der Waals surface area contributed by atoms with Gasteiger partial charge in [-0.05, 0) is 31.0 Å². The van der Waals surface area contributed by atoms with E-state index in [-0.39, 0.29) is 6.04 Å². The molecule has 0 radical (unpaired) electrons. The highest BCUT2D eigenvalue weighted by atomic mass is 16.5. The Labute approximate surface area is 120 Å². The van der Waals surface area contributed by atoms with E-state index in [0.29, 0.717) is 6.61 Å². The quantitative estimate of drug-likeness (QED) is 0.842. The molecular weight excluding hydrogens is 250 g/mol. The van der Waals surface area contributed by atoms with Crippen LogP contribution in [-0.4, -0.2) is 22.4 Å². The number of nitrogens with two attached hydrogens (primary N) is 1. The van der Waals surface area contributed by atoms with Crippen molar-refractivity contribution in [3.63, 3.8) is 0 Å². The van der Waals surface area contributed by atoms with Gasteiger partial charge < -0.3 is 10.5 Å². The van der Waals surface area contributed by atoms with Gasteiger partial charge in [0.1, 0.15) is 5.75 Å². The number of ether oxygens (including phenoxy) is 1. The van der Waals surface area contributed by atoms with Crippen LogP contribution < -0.4 is 10.5 Å². The van der Waals surface area contributed by atoms with Gasteiger partial charge in [0.2, 0.25) is 0 Å². The van der Waals surface area contributed by atoms with Gasteiger partial charge in [-0.15, -0.1) is 0 Å². The lowest BCUT2D eigenvalue weighted by molar-refractivity contribution is 0.296. The third-order valence-corrected chi connectivity index (χ3v) is 3.36. The predicted octanol–water partition coefficient (Wildman–Crippen LogP) is 2.32. The normalized spacial score (nSPS) is 12.3. The molecular formula is C16H23N3O. The number of para-hydroxylation sites is 1. The lowest BCUT2D eigenvalue weighted by Gasteiger charge is -2.12. The molecule has 20 heavy (non-hydrogen) atoms. The summed E-state index contributed by atoms with van der Waals surface area (Å²) in [5.41, 5.74) is 8.48. The lowest BCUT2D eigenvalue weighted by Crippen LogP contribution is -2.26. The van der Waals surface area contributed by atoms with E-state index in [1.807, 2.05) is 42.1 Å². The number of nitrogens with zero attached hydrogens (tertiary/aromatic N) is 2. The van der Waals surface area contributed by atoms with Crippen LogP contribution in [0.15, 0.2) is 36.4 Å². The van der Waals surface area contributed by atoms with Gasteiger partial charge in [-0.3, -0.25) is 4.68 Å². The van der Waals surface area contributed by atoms with Crippen molar-refractivity contribution in [2.45, 2.75) is 32.2 Å². The second-order valence-electron chi connectivity index (χ2n) is 5.02. The Hall–Kier alpha value is -1.81. The van der Waals surface area contributed by atoms with E-state index in [4.69, 9.17) is 10.5 Å². The third-order valence-electron chi connectivity index (χ3n) is 3.36. The first-order valence-corrected chi connectivity index (χ1v) is 7.14. The molecule has 2 rings (SSSR count). The number of hydrogen-bond donors (Lipinski definition) is 1. The fourth-order valence-corrected chi connectivity index (χ4v) is 2.15. The molecule has 0 saturated carbocycles. The second kappa shape index (κ2) is 7.10. The molecule has 4 nitrogen and oxygen atoms in total. The Morgan fingerprint density at radius 3 is 2.70 bits per heavy atom. The highest BCUT2D eigenvalue weighted by Gasteiger charge is 2.09. The fraction of sp³-hybridized carbons (Fsp3) is 0.438. The third kappa shape index (κ3) is 4.10. The first-order chi connectivity index (χ1) is 9.69. The molecule has 1 aromatic carbocycles. The van der Waals surface area contributed by atoms with E-state index in [1.165, 1.54) is 5.69 Å². The van der Waals surface area contributed by atoms with Crippen molar-refractivity contribution in [1.82, 2.24) is 9.78 Å². The first kappa shape index (κ1) is 14.6. The van der Waals surface area contributed by atoms with Crippen molar-refractivity contribution < 1.29 is 4.74 Å². The van der Waals surface area contributed by atoms with Gasteiger partial charge in [-0.1, -0.05) is 25.1 Å². The SMILES string of the molecule is CCc1cc(CC(N)CCOc2ccccc2)n(C)n1. The van der Waals surface area contributed by atoms with Crippen LogP contribution in [0.25, 0.3) is 0 Å². The minimum Gasteiger partial charge on any atom is -0.494 e. The summed E-state index contributed by atoms with van der Waals surface area (Å²) in [6.07, 6.45) is 2.63. The zero-order valence-electron chi connectivity index (χ0n) is 12.2. The Balaban J connectivity index is 1.77. The van der Waals surface area contributed by atoms with Crippen molar-refractivity contribution >= 4 is 0 Å². The van der Waals surface area contributed by atoms with Crippen LogP contribution in [0.2, 0.25) is 0 Å². The van der Waals surface area contributed by atoms with E-state index >= 15 is 0 Å². The van der Waals surface area contributed by atoms with Crippen molar-refractivity contribution in [1.29, 1.82) is 0 Å². The Kier molecular flexibility index (Phi) is 5.18. The molecule has 0 fully saturated rings. The summed E-state index contributed by atoms with van der Waals surface area (Å²) in [7, 11) is 1.97. The molecule has 0 amide bonds. The summed E-state index contributed by atoms with van der Waals surface area (Å²) < 4.78 is 7.60. The Morgan fingerprint density at radius 1 is 1.30 bits per heavy atom. The molecule has 0 aliphatic carbocycles. The van der Waals surface area contributed by atoms with Gasteiger partial charge in [0.15, 0.2) is 0 Å². The molecule has 0 aliphatic rings. The van der Waals surface area contributed by atoms with Gasteiger partial charge in [0.05, 0.1) is 12.3 Å². The van der Waals surface area contributed by atoms with Crippen molar-refractivity contribution in [2.24, 2.45) is 12.8 Å². The van der Waals surface area contributed by atoms with E-state index in [2.05, 4.69) is 18.1 Å². The molecule has 1 atom stereocenters. The maximum atomic E-state index is 6.17. The Bertz CT molecular complexity index is 522. The average Bonchev–Trinajstić information content (AvgIpc) is 2.80. The van der Waals surface area contributed by atoms with Crippen LogP contribution in [-0.2, 0) is 19.9 Å². The minimum absolute atomic E-state index is 0.0961. The monoisotopic (exact) mass is 273 g/mol.